The lowest BCUT2D eigenvalue weighted by Crippen LogP contribution is -2.28. The Morgan fingerprint density at radius 1 is 0.729 bits per heavy atom. The predicted octanol–water partition coefficient (Wildman–Crippen LogP) is 11.0. The summed E-state index contributed by atoms with van der Waals surface area (Å²) < 4.78 is 19.4. The van der Waals surface area contributed by atoms with Crippen molar-refractivity contribution in [2.24, 2.45) is 0 Å². The molecule has 6 aromatic rings. The predicted molar refractivity (Wildman–Crippen MR) is 193 cm³/mol. The second-order valence-electron chi connectivity index (χ2n) is 12.0. The van der Waals surface area contributed by atoms with E-state index in [4.69, 9.17) is 13.9 Å². The van der Waals surface area contributed by atoms with E-state index in [0.717, 1.165) is 38.9 Å². The molecule has 0 saturated heterocycles. The van der Waals surface area contributed by atoms with Crippen LogP contribution in [-0.4, -0.2) is 4.98 Å². The molecule has 48 heavy (non-hydrogen) atoms. The fourth-order valence-corrected chi connectivity index (χ4v) is 7.03. The van der Waals surface area contributed by atoms with Crippen molar-refractivity contribution in [3.8, 4) is 22.6 Å². The van der Waals surface area contributed by atoms with Gasteiger partial charge in [0.1, 0.15) is 5.52 Å². The van der Waals surface area contributed by atoms with Crippen LogP contribution in [0.2, 0.25) is 0 Å². The van der Waals surface area contributed by atoms with Crippen molar-refractivity contribution in [3.63, 3.8) is 0 Å². The molecule has 0 atom stereocenters. The molecule has 0 saturated carbocycles. The number of ether oxygens (including phenoxy) is 2. The van der Waals surface area contributed by atoms with Gasteiger partial charge in [0.05, 0.1) is 5.41 Å². The highest BCUT2D eigenvalue weighted by Gasteiger charge is 2.47. The van der Waals surface area contributed by atoms with Gasteiger partial charge >= 0.3 is 0 Å². The van der Waals surface area contributed by atoms with Gasteiger partial charge in [0, 0.05) is 11.1 Å². The number of benzene rings is 5. The van der Waals surface area contributed by atoms with Crippen molar-refractivity contribution in [2.75, 3.05) is 0 Å². The Labute approximate surface area is 280 Å². The number of para-hydroxylation sites is 2. The second-order valence-corrected chi connectivity index (χ2v) is 12.0. The van der Waals surface area contributed by atoms with Crippen LogP contribution in [0.15, 0.2) is 180 Å². The Morgan fingerprint density at radius 2 is 1.38 bits per heavy atom. The van der Waals surface area contributed by atoms with E-state index in [2.05, 4.69) is 115 Å². The molecule has 0 N–H and O–H groups in total. The smallest absolute Gasteiger partial charge is 0.227 e. The zero-order chi connectivity index (χ0) is 32.8. The summed E-state index contributed by atoms with van der Waals surface area (Å²) in [6.45, 7) is 12.3. The third-order valence-corrected chi connectivity index (χ3v) is 9.35. The van der Waals surface area contributed by atoms with Crippen molar-refractivity contribution < 1.29 is 13.9 Å². The molecule has 8 rings (SSSR count). The Balaban J connectivity index is 1.25. The third-order valence-electron chi connectivity index (χ3n) is 9.35. The summed E-state index contributed by atoms with van der Waals surface area (Å²) in [5.41, 5.74) is 10.3. The second kappa shape index (κ2) is 11.6. The largest absolute Gasteiger partial charge is 0.450 e. The number of nitrogens with zero attached hydrogens (tertiary/aromatic N) is 1. The number of rotatable bonds is 6. The number of hydrogen-bond donors (Lipinski definition) is 0. The quantitative estimate of drug-likeness (QED) is 0.173. The third kappa shape index (κ3) is 4.49. The van der Waals surface area contributed by atoms with Gasteiger partial charge in [-0.25, -0.2) is 4.98 Å². The van der Waals surface area contributed by atoms with Crippen LogP contribution in [0.25, 0.3) is 27.8 Å². The summed E-state index contributed by atoms with van der Waals surface area (Å²) >= 11 is 0. The highest BCUT2D eigenvalue weighted by atomic mass is 16.6. The summed E-state index contributed by atoms with van der Waals surface area (Å²) in [6, 6.07) is 42.1. The van der Waals surface area contributed by atoms with Crippen molar-refractivity contribution in [2.45, 2.75) is 19.3 Å². The number of fused-ring (bicyclic) bond motifs is 5. The van der Waals surface area contributed by atoms with E-state index in [0.29, 0.717) is 28.9 Å². The van der Waals surface area contributed by atoms with Crippen molar-refractivity contribution in [3.05, 3.63) is 204 Å². The monoisotopic (exact) mass is 623 g/mol. The zero-order valence-electron chi connectivity index (χ0n) is 26.9. The van der Waals surface area contributed by atoms with Gasteiger partial charge in [0.25, 0.3) is 0 Å². The Bertz CT molecular complexity index is 2270. The molecule has 1 aliphatic heterocycles. The maximum atomic E-state index is 6.74. The average Bonchev–Trinajstić information content (AvgIpc) is 3.70. The van der Waals surface area contributed by atoms with Crippen LogP contribution in [0.1, 0.15) is 42.0 Å². The van der Waals surface area contributed by atoms with Crippen LogP contribution in [0.4, 0.5) is 0 Å². The fraction of sp³-hybridized carbons (Fsp3) is 0.0682. The average molecular weight is 624 g/mol. The molecule has 1 aliphatic carbocycles. The molecule has 0 bridgehead atoms. The Hall–Kier alpha value is -6.13. The minimum absolute atomic E-state index is 0.483. The van der Waals surface area contributed by atoms with Crippen LogP contribution in [0.5, 0.6) is 11.5 Å². The van der Waals surface area contributed by atoms with Gasteiger partial charge in [0.15, 0.2) is 28.6 Å². The van der Waals surface area contributed by atoms with Crippen molar-refractivity contribution in [1.82, 2.24) is 4.98 Å². The van der Waals surface area contributed by atoms with Gasteiger partial charge in [-0.1, -0.05) is 116 Å². The van der Waals surface area contributed by atoms with Crippen molar-refractivity contribution >= 4 is 16.7 Å². The first kappa shape index (κ1) is 29.3. The summed E-state index contributed by atoms with van der Waals surface area (Å²) in [5, 5.41) is 0. The summed E-state index contributed by atoms with van der Waals surface area (Å²) in [6.07, 6.45) is 5.57. The van der Waals surface area contributed by atoms with E-state index in [1.807, 2.05) is 50.3 Å². The molecule has 0 amide bonds. The van der Waals surface area contributed by atoms with Gasteiger partial charge in [-0.05, 0) is 89.2 Å². The maximum Gasteiger partial charge on any atom is 0.227 e. The summed E-state index contributed by atoms with van der Waals surface area (Å²) in [5.74, 6) is 3.03. The fourth-order valence-electron chi connectivity index (χ4n) is 7.03. The molecule has 4 nitrogen and oxygen atoms in total. The first-order chi connectivity index (χ1) is 23.5. The van der Waals surface area contributed by atoms with E-state index < -0.39 is 5.41 Å². The molecule has 0 spiro atoms. The van der Waals surface area contributed by atoms with Crippen LogP contribution in [-0.2, 0) is 5.41 Å². The molecule has 0 unspecified atom stereocenters. The van der Waals surface area contributed by atoms with Gasteiger partial charge in [-0.2, -0.15) is 0 Å². The van der Waals surface area contributed by atoms with E-state index in [9.17, 15) is 0 Å². The van der Waals surface area contributed by atoms with E-state index in [-0.39, 0.29) is 0 Å². The minimum atomic E-state index is -0.528. The molecule has 232 valence electrons. The number of hydrogen-bond acceptors (Lipinski definition) is 4. The maximum absolute atomic E-state index is 6.74. The van der Waals surface area contributed by atoms with E-state index >= 15 is 0 Å². The van der Waals surface area contributed by atoms with Crippen LogP contribution in [0.3, 0.4) is 0 Å². The van der Waals surface area contributed by atoms with Gasteiger partial charge in [-0.15, -0.1) is 0 Å². The van der Waals surface area contributed by atoms with Crippen LogP contribution < -0.4 is 9.47 Å². The lowest BCUT2D eigenvalue weighted by Gasteiger charge is -2.34. The number of oxazole rings is 1. The molecular formula is C44H33NO3. The van der Waals surface area contributed by atoms with Crippen molar-refractivity contribution in [1.29, 1.82) is 0 Å². The first-order valence-corrected chi connectivity index (χ1v) is 16.0. The van der Waals surface area contributed by atoms with E-state index in [1.165, 1.54) is 22.3 Å². The molecule has 1 aromatic heterocycles. The molecule has 0 fully saturated rings. The highest BCUT2D eigenvalue weighted by molar-refractivity contribution is 5.88. The summed E-state index contributed by atoms with van der Waals surface area (Å²) in [7, 11) is 0. The normalized spacial score (nSPS) is 16.4. The Morgan fingerprint density at radius 3 is 2.06 bits per heavy atom. The van der Waals surface area contributed by atoms with Gasteiger partial charge in [0.2, 0.25) is 5.89 Å². The highest BCUT2D eigenvalue weighted by Crippen LogP contribution is 2.58. The molecule has 4 heteroatoms. The molecule has 2 heterocycles. The standard InChI is InChI=1S/C44H33NO3/c1-5-30(43-45-37-23-15-16-24-39(37)48-43)25-28(3)29(4)42-38(6-2)46-41-27-36-34(26-40(41)47-42)33-21-13-14-22-35(33)44(36,31-17-9-7-10-18-31)32-19-11-8-12-20-32/h5-27H,1,3H2,2,4H3/b30-25+,38-6+,42-29-. The molecular weight excluding hydrogens is 590 g/mol. The SMILES string of the molecule is C=C/C(=C\C(=C)/C(C)=C1\Oc2cc3c(cc2O\C1=C\C)C(c1ccccc1)(c1ccccc1)c1ccccc1-3)c1nc2ccccc2o1. The zero-order valence-corrected chi connectivity index (χ0v) is 26.9. The van der Waals surface area contributed by atoms with Crippen LogP contribution in [0, 0.1) is 0 Å². The molecule has 2 aliphatic rings. The van der Waals surface area contributed by atoms with Gasteiger partial charge in [-0.3, -0.25) is 0 Å². The number of allylic oxidation sites excluding steroid dienone is 6. The lowest BCUT2D eigenvalue weighted by molar-refractivity contribution is 0.290. The minimum Gasteiger partial charge on any atom is -0.450 e. The molecule has 5 aromatic carbocycles. The number of aromatic nitrogens is 1. The lowest BCUT2D eigenvalue weighted by atomic mass is 9.67. The van der Waals surface area contributed by atoms with E-state index in [1.54, 1.807) is 6.08 Å². The topological polar surface area (TPSA) is 44.5 Å². The summed E-state index contributed by atoms with van der Waals surface area (Å²) in [4.78, 5) is 4.65. The van der Waals surface area contributed by atoms with Gasteiger partial charge < -0.3 is 13.9 Å². The molecule has 0 radical (unpaired) electrons. The Kier molecular flexibility index (Phi) is 7.07. The first-order valence-electron chi connectivity index (χ1n) is 16.0. The van der Waals surface area contributed by atoms with Crippen LogP contribution >= 0.6 is 0 Å².